The highest BCUT2D eigenvalue weighted by molar-refractivity contribution is 7.99. The number of nitrogens with zero attached hydrogens (tertiary/aromatic N) is 3. The Balaban J connectivity index is 1.81. The van der Waals surface area contributed by atoms with Crippen LogP contribution in [0.3, 0.4) is 0 Å². The summed E-state index contributed by atoms with van der Waals surface area (Å²) >= 11 is 0.666. The Morgan fingerprint density at radius 3 is 2.61 bits per heavy atom. The van der Waals surface area contributed by atoms with E-state index < -0.39 is 23.6 Å². The van der Waals surface area contributed by atoms with Gasteiger partial charge < -0.3 is 15.5 Å². The number of fused-ring (bicyclic) bond motifs is 1. The summed E-state index contributed by atoms with van der Waals surface area (Å²) in [4.78, 5) is 8.25. The number of anilines is 1. The van der Waals surface area contributed by atoms with Crippen LogP contribution < -0.4 is 5.32 Å². The van der Waals surface area contributed by atoms with E-state index in [2.05, 4.69) is 25.5 Å². The normalized spacial score (nSPS) is 14.7. The molecule has 4 rings (SSSR count). The maximum absolute atomic E-state index is 14.4. The van der Waals surface area contributed by atoms with E-state index in [9.17, 15) is 23.4 Å². The molecule has 0 saturated carbocycles. The quantitative estimate of drug-likeness (QED) is 0.289. The van der Waals surface area contributed by atoms with Crippen molar-refractivity contribution in [1.82, 2.24) is 20.2 Å². The lowest BCUT2D eigenvalue weighted by atomic mass is 9.88. The molecule has 0 bridgehead atoms. The van der Waals surface area contributed by atoms with Crippen LogP contribution in [0.5, 0.6) is 5.75 Å². The van der Waals surface area contributed by atoms with Gasteiger partial charge in [0.05, 0.1) is 11.6 Å². The third-order valence-corrected chi connectivity index (χ3v) is 6.20. The van der Waals surface area contributed by atoms with Gasteiger partial charge in [-0.2, -0.15) is 13.2 Å². The first-order valence-electron chi connectivity index (χ1n) is 9.87. The molecule has 4 aromatic rings. The number of aromatic amines is 1. The summed E-state index contributed by atoms with van der Waals surface area (Å²) in [5.41, 5.74) is -1.47. The Hall–Kier alpha value is -3.31. The molecule has 2 unspecified atom stereocenters. The molecule has 11 heteroatoms. The molecule has 0 spiro atoms. The van der Waals surface area contributed by atoms with Gasteiger partial charge in [0.1, 0.15) is 12.1 Å². The lowest BCUT2D eigenvalue weighted by molar-refractivity contribution is -0.256. The van der Waals surface area contributed by atoms with Crippen molar-refractivity contribution < 1.29 is 23.4 Å². The van der Waals surface area contributed by atoms with Crippen LogP contribution in [0.2, 0.25) is 0 Å². The number of aromatic nitrogens is 4. The first-order chi connectivity index (χ1) is 15.7. The molecule has 7 nitrogen and oxygen atoms in total. The largest absolute Gasteiger partial charge is 0.508 e. The van der Waals surface area contributed by atoms with Crippen molar-refractivity contribution in [3.8, 4) is 5.75 Å². The summed E-state index contributed by atoms with van der Waals surface area (Å²) in [7, 11) is 0. The number of halogens is 3. The minimum atomic E-state index is -5.03. The molecular weight excluding hydrogens is 455 g/mol. The van der Waals surface area contributed by atoms with Crippen LogP contribution in [0.25, 0.3) is 10.9 Å². The number of phenols is 1. The smallest absolute Gasteiger partial charge is 0.420 e. The molecule has 2 atom stereocenters. The third kappa shape index (κ3) is 4.74. The molecule has 2 heterocycles. The van der Waals surface area contributed by atoms with Gasteiger partial charge in [0.25, 0.3) is 0 Å². The van der Waals surface area contributed by atoms with Crippen LogP contribution in [0.1, 0.15) is 17.3 Å². The highest BCUT2D eigenvalue weighted by Crippen LogP contribution is 2.45. The van der Waals surface area contributed by atoms with E-state index in [-0.39, 0.29) is 16.5 Å². The average molecular weight is 475 g/mol. The van der Waals surface area contributed by atoms with E-state index in [4.69, 9.17) is 0 Å². The summed E-state index contributed by atoms with van der Waals surface area (Å²) < 4.78 is 43.2. The Bertz CT molecular complexity index is 1250. The van der Waals surface area contributed by atoms with Crippen LogP contribution in [-0.2, 0) is 0 Å². The molecule has 0 saturated heterocycles. The summed E-state index contributed by atoms with van der Waals surface area (Å²) in [6.07, 6.45) is -3.79. The minimum Gasteiger partial charge on any atom is -0.508 e. The monoisotopic (exact) mass is 475 g/mol. The van der Waals surface area contributed by atoms with Crippen LogP contribution >= 0.6 is 11.8 Å². The zero-order valence-electron chi connectivity index (χ0n) is 17.3. The molecular formula is C22H20F3N5O2S. The third-order valence-electron chi connectivity index (χ3n) is 5.16. The van der Waals surface area contributed by atoms with Crippen LogP contribution in [-0.4, -0.2) is 47.9 Å². The SMILES string of the molecule is Cc1ccc2c(NC(c3cccc(O)c3)C(O)(CSc3nc[nH]n3)C(F)(F)F)cccc2n1. The number of hydrogen-bond donors (Lipinski definition) is 4. The summed E-state index contributed by atoms with van der Waals surface area (Å²) in [6.45, 7) is 1.82. The number of phenolic OH excluding ortho intramolecular Hbond substituents is 1. The van der Waals surface area contributed by atoms with E-state index in [1.54, 1.807) is 30.3 Å². The first kappa shape index (κ1) is 22.9. The predicted molar refractivity (Wildman–Crippen MR) is 119 cm³/mol. The minimum absolute atomic E-state index is 0.0579. The van der Waals surface area contributed by atoms with Crippen LogP contribution in [0.4, 0.5) is 18.9 Å². The number of nitrogens with one attached hydrogen (secondary N) is 2. The number of thioether (sulfide) groups is 1. The number of hydrogen-bond acceptors (Lipinski definition) is 7. The van der Waals surface area contributed by atoms with Gasteiger partial charge in [-0.3, -0.25) is 10.1 Å². The number of rotatable bonds is 7. The fraction of sp³-hybridized carbons (Fsp3) is 0.227. The molecule has 0 radical (unpaired) electrons. The molecule has 0 amide bonds. The van der Waals surface area contributed by atoms with Crippen molar-refractivity contribution >= 4 is 28.4 Å². The fourth-order valence-electron chi connectivity index (χ4n) is 3.49. The molecule has 33 heavy (non-hydrogen) atoms. The van der Waals surface area contributed by atoms with Gasteiger partial charge in [0, 0.05) is 22.5 Å². The summed E-state index contributed by atoms with van der Waals surface area (Å²) in [6, 6.07) is 12.3. The molecule has 0 aliphatic rings. The van der Waals surface area contributed by atoms with Gasteiger partial charge in [0.2, 0.25) is 5.16 Å². The van der Waals surface area contributed by atoms with Crippen molar-refractivity contribution in [2.75, 3.05) is 11.1 Å². The standard InChI is InChI=1S/C22H20F3N5O2S/c1-13-8-9-16-17(28-13)6-3-7-18(16)29-19(14-4-2-5-15(31)10-14)21(32,22(23,24)25)11-33-20-26-12-27-30-20/h2-10,12,19,29,31-32H,11H2,1H3,(H,26,27,30). The Morgan fingerprint density at radius 1 is 1.12 bits per heavy atom. The van der Waals surface area contributed by atoms with Gasteiger partial charge in [-0.1, -0.05) is 30.0 Å². The van der Waals surface area contributed by atoms with Crippen molar-refractivity contribution in [2.45, 2.75) is 29.9 Å². The topological polar surface area (TPSA) is 107 Å². The van der Waals surface area contributed by atoms with Gasteiger partial charge >= 0.3 is 6.18 Å². The lowest BCUT2D eigenvalue weighted by Gasteiger charge is -2.38. The van der Waals surface area contributed by atoms with E-state index in [0.29, 0.717) is 28.4 Å². The van der Waals surface area contributed by atoms with Gasteiger partial charge in [-0.15, -0.1) is 5.10 Å². The second kappa shape index (κ2) is 8.91. The predicted octanol–water partition coefficient (Wildman–Crippen LogP) is 4.61. The zero-order chi connectivity index (χ0) is 23.6. The molecule has 4 N–H and O–H groups in total. The summed E-state index contributed by atoms with van der Waals surface area (Å²) in [5.74, 6) is -1.01. The number of aryl methyl sites for hydroxylation is 1. The second-order valence-corrected chi connectivity index (χ2v) is 8.43. The maximum atomic E-state index is 14.4. The molecule has 2 aromatic heterocycles. The van der Waals surface area contributed by atoms with Crippen molar-refractivity contribution in [2.24, 2.45) is 0 Å². The molecule has 0 aliphatic heterocycles. The molecule has 172 valence electrons. The lowest BCUT2D eigenvalue weighted by Crippen LogP contribution is -2.54. The highest BCUT2D eigenvalue weighted by Gasteiger charge is 2.59. The summed E-state index contributed by atoms with van der Waals surface area (Å²) in [5, 5.41) is 30.8. The number of H-pyrrole nitrogens is 1. The van der Waals surface area contributed by atoms with E-state index >= 15 is 0 Å². The number of benzene rings is 2. The number of pyridine rings is 1. The van der Waals surface area contributed by atoms with Gasteiger partial charge in [0.15, 0.2) is 5.60 Å². The van der Waals surface area contributed by atoms with Crippen molar-refractivity contribution in [3.05, 3.63) is 72.2 Å². The molecule has 0 aliphatic carbocycles. The van der Waals surface area contributed by atoms with E-state index in [0.717, 1.165) is 5.69 Å². The first-order valence-corrected chi connectivity index (χ1v) is 10.9. The fourth-order valence-corrected chi connectivity index (χ4v) is 4.41. The molecule has 0 fully saturated rings. The van der Waals surface area contributed by atoms with Crippen molar-refractivity contribution in [1.29, 1.82) is 0 Å². The van der Waals surface area contributed by atoms with Gasteiger partial charge in [-0.25, -0.2) is 4.98 Å². The van der Waals surface area contributed by atoms with Crippen molar-refractivity contribution in [3.63, 3.8) is 0 Å². The van der Waals surface area contributed by atoms with E-state index in [1.807, 2.05) is 6.92 Å². The Morgan fingerprint density at radius 2 is 1.91 bits per heavy atom. The Kier molecular flexibility index (Phi) is 6.17. The van der Waals surface area contributed by atoms with Crippen LogP contribution in [0, 0.1) is 6.92 Å². The second-order valence-electron chi connectivity index (χ2n) is 7.49. The van der Waals surface area contributed by atoms with E-state index in [1.165, 1.54) is 30.6 Å². The number of aliphatic hydroxyl groups is 1. The van der Waals surface area contributed by atoms with Crippen LogP contribution in [0.15, 0.2) is 66.1 Å². The molecule has 2 aromatic carbocycles. The van der Waals surface area contributed by atoms with Gasteiger partial charge in [-0.05, 0) is 48.9 Å². The maximum Gasteiger partial charge on any atom is 0.420 e. The number of alkyl halides is 3. The number of aromatic hydroxyl groups is 1. The zero-order valence-corrected chi connectivity index (χ0v) is 18.2. The highest BCUT2D eigenvalue weighted by atomic mass is 32.2. The Labute approximate surface area is 191 Å². The average Bonchev–Trinajstić information content (AvgIpc) is 3.28.